The van der Waals surface area contributed by atoms with E-state index in [1.807, 2.05) is 49.2 Å². The number of nitrogens with zero attached hydrogens (tertiary/aromatic N) is 3. The molecule has 2 atom stereocenters. The van der Waals surface area contributed by atoms with Gasteiger partial charge >= 0.3 is 0 Å². The highest BCUT2D eigenvalue weighted by Gasteiger charge is 2.20. The average Bonchev–Trinajstić information content (AvgIpc) is 2.94. The summed E-state index contributed by atoms with van der Waals surface area (Å²) in [7, 11) is 1.91. The summed E-state index contributed by atoms with van der Waals surface area (Å²) in [6, 6.07) is 9.85. The maximum Gasteiger partial charge on any atom is 0.243 e. The number of aromatic nitrogens is 2. The molecule has 0 unspecified atom stereocenters. The molecule has 0 aliphatic heterocycles. The second-order valence-corrected chi connectivity index (χ2v) is 5.45. The van der Waals surface area contributed by atoms with Crippen LogP contribution >= 0.6 is 0 Å². The second-order valence-electron chi connectivity index (χ2n) is 5.45. The van der Waals surface area contributed by atoms with Crippen LogP contribution in [-0.4, -0.2) is 46.5 Å². The Kier molecular flexibility index (Phi) is 6.06. The third-order valence-corrected chi connectivity index (χ3v) is 3.48. The molecule has 1 aromatic heterocycles. The smallest absolute Gasteiger partial charge is 0.243 e. The molecular weight excluding hydrogens is 282 g/mol. The van der Waals surface area contributed by atoms with E-state index in [0.29, 0.717) is 24.9 Å². The predicted molar refractivity (Wildman–Crippen MR) is 82.2 cm³/mol. The first kappa shape index (κ1) is 16.6. The lowest BCUT2D eigenvalue weighted by Crippen LogP contribution is -2.34. The topological polar surface area (TPSA) is 71.6 Å². The van der Waals surface area contributed by atoms with Gasteiger partial charge in [0.1, 0.15) is 0 Å². The van der Waals surface area contributed by atoms with Crippen molar-refractivity contribution in [2.45, 2.75) is 32.6 Å². The van der Waals surface area contributed by atoms with E-state index >= 15 is 0 Å². The lowest BCUT2D eigenvalue weighted by molar-refractivity contribution is 0.00653. The van der Waals surface area contributed by atoms with Crippen molar-refractivity contribution in [3.8, 4) is 0 Å². The van der Waals surface area contributed by atoms with Gasteiger partial charge in [0, 0.05) is 6.54 Å². The van der Waals surface area contributed by atoms with Crippen LogP contribution in [0.1, 0.15) is 30.2 Å². The van der Waals surface area contributed by atoms with Gasteiger partial charge in [-0.1, -0.05) is 35.5 Å². The average molecular weight is 305 g/mol. The zero-order chi connectivity index (χ0) is 15.9. The Hall–Kier alpha value is -1.76. The van der Waals surface area contributed by atoms with E-state index < -0.39 is 6.10 Å². The third kappa shape index (κ3) is 4.91. The number of aliphatic hydroxyl groups is 1. The van der Waals surface area contributed by atoms with Crippen molar-refractivity contribution in [3.05, 3.63) is 47.6 Å². The zero-order valence-electron chi connectivity index (χ0n) is 13.3. The zero-order valence-corrected chi connectivity index (χ0v) is 13.3. The molecule has 22 heavy (non-hydrogen) atoms. The van der Waals surface area contributed by atoms with Gasteiger partial charge in [-0.15, -0.1) is 0 Å². The quantitative estimate of drug-likeness (QED) is 0.803. The molecule has 0 saturated heterocycles. The van der Waals surface area contributed by atoms with Crippen molar-refractivity contribution in [3.63, 3.8) is 0 Å². The molecule has 2 aromatic rings. The second kappa shape index (κ2) is 8.03. The minimum Gasteiger partial charge on any atom is -0.389 e. The van der Waals surface area contributed by atoms with Gasteiger partial charge in [0.15, 0.2) is 5.82 Å². The molecule has 0 saturated carbocycles. The normalized spacial score (nSPS) is 14.2. The van der Waals surface area contributed by atoms with Gasteiger partial charge in [-0.3, -0.25) is 4.90 Å². The molecule has 0 aliphatic carbocycles. The summed E-state index contributed by atoms with van der Waals surface area (Å²) < 4.78 is 10.7. The number of likely N-dealkylation sites (N-methyl/N-ethyl adjacent to an activating group) is 1. The SMILES string of the molecule is Cc1noc([C@H](C)N(C)C[C@@H](O)COCc2ccccc2)n1. The van der Waals surface area contributed by atoms with E-state index in [9.17, 15) is 5.11 Å². The Morgan fingerprint density at radius 2 is 2.05 bits per heavy atom. The molecule has 0 amide bonds. The van der Waals surface area contributed by atoms with E-state index in [2.05, 4.69) is 10.1 Å². The van der Waals surface area contributed by atoms with Gasteiger partial charge in [-0.25, -0.2) is 0 Å². The largest absolute Gasteiger partial charge is 0.389 e. The first-order chi connectivity index (χ1) is 10.6. The Balaban J connectivity index is 1.73. The first-order valence-electron chi connectivity index (χ1n) is 7.36. The van der Waals surface area contributed by atoms with Crippen LogP contribution < -0.4 is 0 Å². The Bertz CT molecular complexity index is 559. The molecule has 0 aliphatic rings. The van der Waals surface area contributed by atoms with E-state index in [4.69, 9.17) is 9.26 Å². The van der Waals surface area contributed by atoms with Crippen molar-refractivity contribution in [2.24, 2.45) is 0 Å². The maximum absolute atomic E-state index is 10.1. The van der Waals surface area contributed by atoms with Crippen LogP contribution in [0.2, 0.25) is 0 Å². The van der Waals surface area contributed by atoms with Gasteiger partial charge < -0.3 is 14.4 Å². The van der Waals surface area contributed by atoms with Crippen molar-refractivity contribution in [2.75, 3.05) is 20.2 Å². The van der Waals surface area contributed by atoms with Gasteiger partial charge in [-0.05, 0) is 26.5 Å². The molecule has 0 radical (unpaired) electrons. The van der Waals surface area contributed by atoms with Crippen LogP contribution in [0.15, 0.2) is 34.9 Å². The van der Waals surface area contributed by atoms with Crippen LogP contribution in [-0.2, 0) is 11.3 Å². The lowest BCUT2D eigenvalue weighted by Gasteiger charge is -2.24. The Morgan fingerprint density at radius 1 is 1.32 bits per heavy atom. The van der Waals surface area contributed by atoms with Gasteiger partial charge in [0.2, 0.25) is 5.89 Å². The highest BCUT2D eigenvalue weighted by atomic mass is 16.5. The van der Waals surface area contributed by atoms with Gasteiger partial charge in [0.05, 0.1) is 25.4 Å². The Labute approximate surface area is 130 Å². The van der Waals surface area contributed by atoms with Crippen molar-refractivity contribution in [1.29, 1.82) is 0 Å². The van der Waals surface area contributed by atoms with E-state index in [-0.39, 0.29) is 12.6 Å². The highest BCUT2D eigenvalue weighted by molar-refractivity contribution is 5.13. The molecule has 1 aromatic carbocycles. The minimum absolute atomic E-state index is 0.0510. The van der Waals surface area contributed by atoms with E-state index in [1.165, 1.54) is 0 Å². The van der Waals surface area contributed by atoms with Crippen molar-refractivity contribution in [1.82, 2.24) is 15.0 Å². The van der Waals surface area contributed by atoms with Crippen LogP contribution in [0, 0.1) is 6.92 Å². The predicted octanol–water partition coefficient (Wildman–Crippen LogP) is 1.95. The summed E-state index contributed by atoms with van der Waals surface area (Å²) in [6.45, 7) is 5.00. The molecule has 6 nitrogen and oxygen atoms in total. The van der Waals surface area contributed by atoms with Crippen LogP contribution in [0.5, 0.6) is 0 Å². The fourth-order valence-electron chi connectivity index (χ4n) is 2.10. The molecule has 0 spiro atoms. The Morgan fingerprint density at radius 3 is 2.68 bits per heavy atom. The number of hydrogen-bond donors (Lipinski definition) is 1. The summed E-state index contributed by atoms with van der Waals surface area (Å²) in [5, 5.41) is 13.8. The molecular formula is C16H23N3O3. The van der Waals surface area contributed by atoms with Gasteiger partial charge in [-0.2, -0.15) is 4.98 Å². The monoisotopic (exact) mass is 305 g/mol. The fraction of sp³-hybridized carbons (Fsp3) is 0.500. The summed E-state index contributed by atoms with van der Waals surface area (Å²) in [6.07, 6.45) is -0.569. The molecule has 1 N–H and O–H groups in total. The third-order valence-electron chi connectivity index (χ3n) is 3.48. The van der Waals surface area contributed by atoms with Crippen LogP contribution in [0.25, 0.3) is 0 Å². The summed E-state index contributed by atoms with van der Waals surface area (Å²) in [5.41, 5.74) is 1.10. The van der Waals surface area contributed by atoms with Crippen molar-refractivity contribution >= 4 is 0 Å². The first-order valence-corrected chi connectivity index (χ1v) is 7.36. The number of rotatable bonds is 8. The number of benzene rings is 1. The number of ether oxygens (including phenoxy) is 1. The summed E-state index contributed by atoms with van der Waals surface area (Å²) in [5.74, 6) is 1.17. The van der Waals surface area contributed by atoms with E-state index in [0.717, 1.165) is 5.56 Å². The highest BCUT2D eigenvalue weighted by Crippen LogP contribution is 2.16. The van der Waals surface area contributed by atoms with Crippen LogP contribution in [0.3, 0.4) is 0 Å². The van der Waals surface area contributed by atoms with Crippen molar-refractivity contribution < 1.29 is 14.4 Å². The van der Waals surface area contributed by atoms with Crippen LogP contribution in [0.4, 0.5) is 0 Å². The maximum atomic E-state index is 10.1. The number of hydrogen-bond acceptors (Lipinski definition) is 6. The molecule has 1 heterocycles. The molecule has 0 bridgehead atoms. The molecule has 6 heteroatoms. The lowest BCUT2D eigenvalue weighted by atomic mass is 10.2. The number of aliphatic hydroxyl groups excluding tert-OH is 1. The summed E-state index contributed by atoms with van der Waals surface area (Å²) in [4.78, 5) is 6.17. The minimum atomic E-state index is -0.569. The summed E-state index contributed by atoms with van der Waals surface area (Å²) >= 11 is 0. The molecule has 2 rings (SSSR count). The molecule has 0 fully saturated rings. The van der Waals surface area contributed by atoms with Gasteiger partial charge in [0.25, 0.3) is 0 Å². The van der Waals surface area contributed by atoms with E-state index in [1.54, 1.807) is 6.92 Å². The fourth-order valence-corrected chi connectivity index (χ4v) is 2.10. The number of aryl methyl sites for hydroxylation is 1. The molecule has 120 valence electrons. The standard InChI is InChI=1S/C16H23N3O3/c1-12(16-17-13(2)18-22-16)19(3)9-15(20)11-21-10-14-7-5-4-6-8-14/h4-8,12,15,20H,9-11H2,1-3H3/t12-,15+/m0/s1.